The minimum absolute atomic E-state index is 0.0356. The van der Waals surface area contributed by atoms with Gasteiger partial charge in [-0.3, -0.25) is 4.31 Å². The van der Waals surface area contributed by atoms with Crippen LogP contribution in [0.1, 0.15) is 12.5 Å². The Morgan fingerprint density at radius 1 is 1.19 bits per heavy atom. The summed E-state index contributed by atoms with van der Waals surface area (Å²) in [7, 11) is -1.10. The molecule has 1 fully saturated rings. The zero-order valence-corrected chi connectivity index (χ0v) is 17.0. The van der Waals surface area contributed by atoms with Gasteiger partial charge in [-0.05, 0) is 38.1 Å². The van der Waals surface area contributed by atoms with Crippen LogP contribution in [0.15, 0.2) is 23.6 Å². The Bertz CT molecular complexity index is 917. The van der Waals surface area contributed by atoms with Crippen molar-refractivity contribution >= 4 is 32.2 Å². The third-order valence-electron chi connectivity index (χ3n) is 5.15. The first kappa shape index (κ1) is 17.8. The van der Waals surface area contributed by atoms with E-state index >= 15 is 0 Å². The molecule has 140 valence electrons. The molecule has 0 saturated carbocycles. The number of thiazole rings is 1. The molecule has 0 N–H and O–H groups in total. The van der Waals surface area contributed by atoms with Gasteiger partial charge in [0.05, 0.1) is 17.6 Å². The van der Waals surface area contributed by atoms with Gasteiger partial charge in [-0.1, -0.05) is 6.07 Å². The van der Waals surface area contributed by atoms with Crippen LogP contribution in [-0.4, -0.2) is 63.8 Å². The molecule has 8 heteroatoms. The van der Waals surface area contributed by atoms with Crippen LogP contribution < -0.4 is 9.21 Å². The molecule has 6 nitrogen and oxygen atoms in total. The summed E-state index contributed by atoms with van der Waals surface area (Å²) in [5.74, 6) is 0. The summed E-state index contributed by atoms with van der Waals surface area (Å²) < 4.78 is 25.7. The standard InChI is InChI=1S/C18H24N4O2S2/c1-13-10-15-11-14(4-5-17(15)22(13)26(3,23)24)16-12-25-18(19-16)21-8-6-20(2)7-9-21/h4-5,11-13H,6-10H2,1-3H3. The van der Waals surface area contributed by atoms with Crippen LogP contribution in [0.25, 0.3) is 11.3 Å². The molecule has 26 heavy (non-hydrogen) atoms. The average molecular weight is 393 g/mol. The van der Waals surface area contributed by atoms with Crippen molar-refractivity contribution in [3.8, 4) is 11.3 Å². The third kappa shape index (κ3) is 3.21. The Morgan fingerprint density at radius 2 is 1.92 bits per heavy atom. The molecule has 3 heterocycles. The number of aromatic nitrogens is 1. The maximum absolute atomic E-state index is 12.1. The van der Waals surface area contributed by atoms with Gasteiger partial charge in [-0.15, -0.1) is 11.3 Å². The van der Waals surface area contributed by atoms with E-state index in [0.29, 0.717) is 0 Å². The van der Waals surface area contributed by atoms with Crippen molar-refractivity contribution in [3.63, 3.8) is 0 Å². The van der Waals surface area contributed by atoms with Gasteiger partial charge in [0.15, 0.2) is 5.13 Å². The Balaban J connectivity index is 1.60. The summed E-state index contributed by atoms with van der Waals surface area (Å²) in [6.45, 7) is 6.10. The van der Waals surface area contributed by atoms with Crippen molar-refractivity contribution in [2.75, 3.05) is 48.7 Å². The number of likely N-dealkylation sites (N-methyl/N-ethyl adjacent to an activating group) is 1. The Labute approximate surface area is 159 Å². The number of anilines is 2. The van der Waals surface area contributed by atoms with E-state index < -0.39 is 10.0 Å². The molecule has 2 aliphatic rings. The summed E-state index contributed by atoms with van der Waals surface area (Å²) in [4.78, 5) is 9.51. The van der Waals surface area contributed by atoms with Gasteiger partial charge in [0.25, 0.3) is 0 Å². The average Bonchev–Trinajstić information content (AvgIpc) is 3.17. The van der Waals surface area contributed by atoms with E-state index in [1.54, 1.807) is 11.3 Å². The molecular weight excluding hydrogens is 368 g/mol. The van der Waals surface area contributed by atoms with Crippen molar-refractivity contribution < 1.29 is 8.42 Å². The van der Waals surface area contributed by atoms with E-state index in [0.717, 1.165) is 60.2 Å². The van der Waals surface area contributed by atoms with Gasteiger partial charge in [0.2, 0.25) is 10.0 Å². The molecule has 0 aliphatic carbocycles. The fraction of sp³-hybridized carbons (Fsp3) is 0.500. The number of sulfonamides is 1. The molecule has 2 aliphatic heterocycles. The zero-order valence-electron chi connectivity index (χ0n) is 15.3. The van der Waals surface area contributed by atoms with Crippen LogP contribution in [0.2, 0.25) is 0 Å². The fourth-order valence-corrected chi connectivity index (χ4v) is 5.96. The summed E-state index contributed by atoms with van der Waals surface area (Å²) in [5, 5.41) is 3.17. The molecule has 0 bridgehead atoms. The van der Waals surface area contributed by atoms with E-state index in [2.05, 4.69) is 28.3 Å². The first-order valence-electron chi connectivity index (χ1n) is 8.84. The lowest BCUT2D eigenvalue weighted by molar-refractivity contribution is 0.313. The molecule has 4 rings (SSSR count). The highest BCUT2D eigenvalue weighted by molar-refractivity contribution is 7.92. The monoisotopic (exact) mass is 392 g/mol. The summed E-state index contributed by atoms with van der Waals surface area (Å²) in [6.07, 6.45) is 2.01. The maximum Gasteiger partial charge on any atom is 0.232 e. The number of hydrogen-bond donors (Lipinski definition) is 0. The number of rotatable bonds is 3. The molecule has 1 unspecified atom stereocenters. The Hall–Kier alpha value is -1.64. The summed E-state index contributed by atoms with van der Waals surface area (Å²) in [6, 6.07) is 5.97. The highest BCUT2D eigenvalue weighted by Crippen LogP contribution is 2.37. The Kier molecular flexibility index (Phi) is 4.45. The van der Waals surface area contributed by atoms with Crippen LogP contribution in [0.5, 0.6) is 0 Å². The quantitative estimate of drug-likeness (QED) is 0.802. The van der Waals surface area contributed by atoms with Gasteiger partial charge in [-0.2, -0.15) is 0 Å². The fourth-order valence-electron chi connectivity index (χ4n) is 3.81. The van der Waals surface area contributed by atoms with Gasteiger partial charge in [-0.25, -0.2) is 13.4 Å². The van der Waals surface area contributed by atoms with E-state index in [4.69, 9.17) is 4.98 Å². The summed E-state index contributed by atoms with van der Waals surface area (Å²) >= 11 is 1.68. The minimum Gasteiger partial charge on any atom is -0.346 e. The van der Waals surface area contributed by atoms with Crippen LogP contribution in [0.4, 0.5) is 10.8 Å². The van der Waals surface area contributed by atoms with E-state index in [9.17, 15) is 8.42 Å². The van der Waals surface area contributed by atoms with Crippen LogP contribution in [-0.2, 0) is 16.4 Å². The molecule has 0 spiro atoms. The van der Waals surface area contributed by atoms with E-state index in [-0.39, 0.29) is 6.04 Å². The number of hydrogen-bond acceptors (Lipinski definition) is 6. The number of benzene rings is 1. The number of nitrogens with zero attached hydrogens (tertiary/aromatic N) is 4. The van der Waals surface area contributed by atoms with Crippen LogP contribution >= 0.6 is 11.3 Å². The molecular formula is C18H24N4O2S2. The molecule has 0 radical (unpaired) electrons. The number of fused-ring (bicyclic) bond motifs is 1. The molecule has 1 aromatic heterocycles. The van der Waals surface area contributed by atoms with Crippen molar-refractivity contribution in [2.24, 2.45) is 0 Å². The van der Waals surface area contributed by atoms with Gasteiger partial charge in [0.1, 0.15) is 0 Å². The topological polar surface area (TPSA) is 56.8 Å². The van der Waals surface area contributed by atoms with Crippen molar-refractivity contribution in [2.45, 2.75) is 19.4 Å². The van der Waals surface area contributed by atoms with Crippen LogP contribution in [0, 0.1) is 0 Å². The number of piperazine rings is 1. The zero-order chi connectivity index (χ0) is 18.5. The predicted octanol–water partition coefficient (Wildman–Crippen LogP) is 2.27. The lowest BCUT2D eigenvalue weighted by atomic mass is 10.1. The van der Waals surface area contributed by atoms with Gasteiger partial charge >= 0.3 is 0 Å². The van der Waals surface area contributed by atoms with Crippen molar-refractivity contribution in [1.82, 2.24) is 9.88 Å². The normalized spacial score (nSPS) is 21.3. The second-order valence-corrected chi connectivity index (χ2v) is 9.96. The molecule has 1 atom stereocenters. The van der Waals surface area contributed by atoms with Gasteiger partial charge in [0, 0.05) is 43.2 Å². The molecule has 1 aromatic carbocycles. The maximum atomic E-state index is 12.1. The second-order valence-electron chi connectivity index (χ2n) is 7.26. The highest BCUT2D eigenvalue weighted by Gasteiger charge is 2.32. The first-order chi connectivity index (χ1) is 12.3. The second kappa shape index (κ2) is 6.51. The predicted molar refractivity (Wildman–Crippen MR) is 108 cm³/mol. The third-order valence-corrected chi connectivity index (χ3v) is 7.32. The van der Waals surface area contributed by atoms with Crippen LogP contribution in [0.3, 0.4) is 0 Å². The van der Waals surface area contributed by atoms with E-state index in [1.165, 1.54) is 10.6 Å². The van der Waals surface area contributed by atoms with Gasteiger partial charge < -0.3 is 9.80 Å². The minimum atomic E-state index is -3.25. The largest absolute Gasteiger partial charge is 0.346 e. The molecule has 0 amide bonds. The highest BCUT2D eigenvalue weighted by atomic mass is 32.2. The van der Waals surface area contributed by atoms with Crippen molar-refractivity contribution in [3.05, 3.63) is 29.1 Å². The van der Waals surface area contributed by atoms with E-state index in [1.807, 2.05) is 19.1 Å². The first-order valence-corrected chi connectivity index (χ1v) is 11.6. The van der Waals surface area contributed by atoms with Crippen molar-refractivity contribution in [1.29, 1.82) is 0 Å². The lowest BCUT2D eigenvalue weighted by Gasteiger charge is -2.32. The molecule has 1 saturated heterocycles. The Morgan fingerprint density at radius 3 is 2.62 bits per heavy atom. The lowest BCUT2D eigenvalue weighted by Crippen LogP contribution is -2.44. The smallest absolute Gasteiger partial charge is 0.232 e. The molecule has 2 aromatic rings. The SMILES string of the molecule is CC1Cc2cc(-c3csc(N4CCN(C)CC4)n3)ccc2N1S(C)(=O)=O. The summed E-state index contributed by atoms with van der Waals surface area (Å²) in [5.41, 5.74) is 3.91.